The molecule has 0 aliphatic rings. The lowest BCUT2D eigenvalue weighted by molar-refractivity contribution is -0.384. The third kappa shape index (κ3) is 2.28. The molecule has 118 valence electrons. The van der Waals surface area contributed by atoms with Crippen LogP contribution in [-0.4, -0.2) is 17.0 Å². The molecule has 5 nitrogen and oxygen atoms in total. The van der Waals surface area contributed by atoms with Crippen molar-refractivity contribution in [1.82, 2.24) is 4.98 Å². The summed E-state index contributed by atoms with van der Waals surface area (Å²) < 4.78 is 6.24. The first-order valence-electron chi connectivity index (χ1n) is 7.28. The number of methoxy groups -OCH3 is 1. The van der Waals surface area contributed by atoms with Crippen molar-refractivity contribution in [2.24, 2.45) is 0 Å². The Morgan fingerprint density at radius 2 is 1.96 bits per heavy atom. The zero-order valence-electron chi connectivity index (χ0n) is 12.7. The highest BCUT2D eigenvalue weighted by Gasteiger charge is 2.20. The fraction of sp³-hybridized carbons (Fsp3) is 0.0556. The summed E-state index contributed by atoms with van der Waals surface area (Å²) in [6.45, 7) is 0. The molecule has 0 atom stereocenters. The number of hydrogen-bond acceptors (Lipinski definition) is 5. The highest BCUT2D eigenvalue weighted by atomic mass is 32.1. The fourth-order valence-corrected chi connectivity index (χ4v) is 3.87. The summed E-state index contributed by atoms with van der Waals surface area (Å²) in [5.74, 6) is 0.569. The van der Waals surface area contributed by atoms with Crippen LogP contribution in [0.15, 0.2) is 54.6 Å². The van der Waals surface area contributed by atoms with Crippen molar-refractivity contribution in [1.29, 1.82) is 0 Å². The number of nitro benzene ring substituents is 1. The quantitative estimate of drug-likeness (QED) is 0.388. The van der Waals surface area contributed by atoms with Gasteiger partial charge in [-0.15, -0.1) is 11.3 Å². The molecule has 0 aliphatic heterocycles. The number of hydrogen-bond donors (Lipinski definition) is 0. The first-order chi connectivity index (χ1) is 11.7. The van der Waals surface area contributed by atoms with Gasteiger partial charge < -0.3 is 4.74 Å². The number of nitrogens with zero attached hydrogens (tertiary/aromatic N) is 2. The third-order valence-electron chi connectivity index (χ3n) is 3.91. The molecule has 0 amide bonds. The second-order valence-corrected chi connectivity index (χ2v) is 6.29. The number of nitro groups is 1. The second kappa shape index (κ2) is 5.58. The molecule has 6 heteroatoms. The average molecular weight is 336 g/mol. The summed E-state index contributed by atoms with van der Waals surface area (Å²) in [6, 6.07) is 16.7. The molecule has 0 unspecified atom stereocenters. The Balaban J connectivity index is 2.00. The van der Waals surface area contributed by atoms with Crippen molar-refractivity contribution in [3.8, 4) is 16.3 Å². The lowest BCUT2D eigenvalue weighted by atomic mass is 10.1. The van der Waals surface area contributed by atoms with E-state index in [1.54, 1.807) is 12.1 Å². The van der Waals surface area contributed by atoms with Gasteiger partial charge in [0.2, 0.25) is 0 Å². The van der Waals surface area contributed by atoms with Gasteiger partial charge in [-0.25, -0.2) is 4.98 Å². The summed E-state index contributed by atoms with van der Waals surface area (Å²) in [5, 5.41) is 14.2. The Kier molecular flexibility index (Phi) is 3.39. The predicted molar refractivity (Wildman–Crippen MR) is 95.8 cm³/mol. The zero-order chi connectivity index (χ0) is 16.7. The van der Waals surface area contributed by atoms with E-state index in [0.29, 0.717) is 16.3 Å². The van der Waals surface area contributed by atoms with E-state index < -0.39 is 0 Å². The Hall–Kier alpha value is -2.99. The van der Waals surface area contributed by atoms with E-state index in [1.807, 2.05) is 36.4 Å². The SMILES string of the molecule is COc1ccc([N+](=O)[O-])c(-c2nc3ccc4ccccc4c3s2)c1. The highest BCUT2D eigenvalue weighted by Crippen LogP contribution is 2.39. The van der Waals surface area contributed by atoms with Crippen LogP contribution in [-0.2, 0) is 0 Å². The highest BCUT2D eigenvalue weighted by molar-refractivity contribution is 7.22. The Morgan fingerprint density at radius 3 is 2.75 bits per heavy atom. The van der Waals surface area contributed by atoms with E-state index in [1.165, 1.54) is 24.5 Å². The standard InChI is InChI=1S/C18H12N2O3S/c1-23-12-7-9-16(20(21)22)14(10-12)18-19-15-8-6-11-4-2-3-5-13(11)17(15)24-18/h2-10H,1H3. The van der Waals surface area contributed by atoms with Gasteiger partial charge in [0.05, 0.1) is 27.8 Å². The summed E-state index contributed by atoms with van der Waals surface area (Å²) in [4.78, 5) is 15.6. The van der Waals surface area contributed by atoms with Gasteiger partial charge in [0.1, 0.15) is 10.8 Å². The molecule has 0 saturated carbocycles. The van der Waals surface area contributed by atoms with Crippen molar-refractivity contribution >= 4 is 38.0 Å². The maximum atomic E-state index is 11.4. The fourth-order valence-electron chi connectivity index (χ4n) is 2.74. The molecule has 0 radical (unpaired) electrons. The van der Waals surface area contributed by atoms with Gasteiger partial charge in [-0.3, -0.25) is 10.1 Å². The van der Waals surface area contributed by atoms with Gasteiger partial charge in [0.25, 0.3) is 5.69 Å². The van der Waals surface area contributed by atoms with Crippen LogP contribution >= 0.6 is 11.3 Å². The predicted octanol–water partition coefficient (Wildman–Crippen LogP) is 5.03. The summed E-state index contributed by atoms with van der Waals surface area (Å²) >= 11 is 1.46. The van der Waals surface area contributed by atoms with E-state index in [4.69, 9.17) is 4.74 Å². The second-order valence-electron chi connectivity index (χ2n) is 5.29. The monoisotopic (exact) mass is 336 g/mol. The minimum Gasteiger partial charge on any atom is -0.497 e. The third-order valence-corrected chi connectivity index (χ3v) is 5.05. The van der Waals surface area contributed by atoms with Crippen LogP contribution < -0.4 is 4.74 Å². The minimum atomic E-state index is -0.390. The van der Waals surface area contributed by atoms with Crippen LogP contribution in [0.2, 0.25) is 0 Å². The molecule has 0 spiro atoms. The average Bonchev–Trinajstić information content (AvgIpc) is 3.05. The maximum Gasteiger partial charge on any atom is 0.279 e. The number of rotatable bonds is 3. The molecule has 3 aromatic carbocycles. The Labute approximate surface area is 141 Å². The number of benzene rings is 3. The van der Waals surface area contributed by atoms with E-state index in [9.17, 15) is 10.1 Å². The minimum absolute atomic E-state index is 0.0270. The summed E-state index contributed by atoms with van der Waals surface area (Å²) in [6.07, 6.45) is 0. The van der Waals surface area contributed by atoms with Gasteiger partial charge in [-0.1, -0.05) is 30.3 Å². The number of thiazole rings is 1. The van der Waals surface area contributed by atoms with Gasteiger partial charge >= 0.3 is 0 Å². The summed E-state index contributed by atoms with van der Waals surface area (Å²) in [5.41, 5.74) is 1.34. The molecule has 0 saturated heterocycles. The molecule has 0 fully saturated rings. The molecule has 1 aromatic heterocycles. The van der Waals surface area contributed by atoms with Crippen molar-refractivity contribution in [3.63, 3.8) is 0 Å². The van der Waals surface area contributed by atoms with Crippen LogP contribution in [0.1, 0.15) is 0 Å². The number of fused-ring (bicyclic) bond motifs is 3. The van der Waals surface area contributed by atoms with Crippen LogP contribution in [0.4, 0.5) is 5.69 Å². The topological polar surface area (TPSA) is 65.3 Å². The largest absolute Gasteiger partial charge is 0.497 e. The lowest BCUT2D eigenvalue weighted by Gasteiger charge is -2.03. The van der Waals surface area contributed by atoms with Crippen molar-refractivity contribution in [3.05, 3.63) is 64.7 Å². The molecular weight excluding hydrogens is 324 g/mol. The lowest BCUT2D eigenvalue weighted by Crippen LogP contribution is -1.93. The van der Waals surface area contributed by atoms with Gasteiger partial charge in [0, 0.05) is 11.5 Å². The zero-order valence-corrected chi connectivity index (χ0v) is 13.5. The molecule has 1 heterocycles. The van der Waals surface area contributed by atoms with Crippen LogP contribution in [0.3, 0.4) is 0 Å². The van der Waals surface area contributed by atoms with Gasteiger partial charge in [-0.2, -0.15) is 0 Å². The van der Waals surface area contributed by atoms with Gasteiger partial charge in [-0.05, 0) is 23.6 Å². The molecular formula is C18H12N2O3S. The van der Waals surface area contributed by atoms with E-state index in [2.05, 4.69) is 4.98 Å². The molecule has 24 heavy (non-hydrogen) atoms. The van der Waals surface area contributed by atoms with Crippen LogP contribution in [0, 0.1) is 10.1 Å². The Morgan fingerprint density at radius 1 is 1.12 bits per heavy atom. The first kappa shape index (κ1) is 14.6. The molecule has 0 N–H and O–H groups in total. The van der Waals surface area contributed by atoms with Crippen molar-refractivity contribution < 1.29 is 9.66 Å². The molecule has 0 aliphatic carbocycles. The number of ether oxygens (including phenoxy) is 1. The molecule has 4 aromatic rings. The van der Waals surface area contributed by atoms with Crippen molar-refractivity contribution in [2.45, 2.75) is 0 Å². The molecule has 0 bridgehead atoms. The molecule has 4 rings (SSSR count). The smallest absolute Gasteiger partial charge is 0.279 e. The first-order valence-corrected chi connectivity index (χ1v) is 8.10. The van der Waals surface area contributed by atoms with Crippen LogP contribution in [0.5, 0.6) is 5.75 Å². The van der Waals surface area contributed by atoms with E-state index >= 15 is 0 Å². The van der Waals surface area contributed by atoms with Gasteiger partial charge in [0.15, 0.2) is 0 Å². The number of aromatic nitrogens is 1. The summed E-state index contributed by atoms with van der Waals surface area (Å²) in [7, 11) is 1.54. The normalized spacial score (nSPS) is 11.0. The Bertz CT molecular complexity index is 1090. The van der Waals surface area contributed by atoms with E-state index in [0.717, 1.165) is 21.0 Å². The van der Waals surface area contributed by atoms with E-state index in [-0.39, 0.29) is 10.6 Å². The van der Waals surface area contributed by atoms with Crippen LogP contribution in [0.25, 0.3) is 31.6 Å². The van der Waals surface area contributed by atoms with Crippen molar-refractivity contribution in [2.75, 3.05) is 7.11 Å². The maximum absolute atomic E-state index is 11.4.